The fourth-order valence-electron chi connectivity index (χ4n) is 2.34. The number of carbonyl (C=O) groups excluding carboxylic acids is 1. The number of rotatable bonds is 5. The van der Waals surface area contributed by atoms with E-state index in [0.717, 1.165) is 16.8 Å². The highest BCUT2D eigenvalue weighted by atomic mass is 35.5. The Morgan fingerprint density at radius 1 is 1.36 bits per heavy atom. The summed E-state index contributed by atoms with van der Waals surface area (Å²) in [5.74, 6) is 0.841. The van der Waals surface area contributed by atoms with Crippen LogP contribution in [0.25, 0.3) is 17.4 Å². The van der Waals surface area contributed by atoms with E-state index in [0.29, 0.717) is 16.8 Å². The van der Waals surface area contributed by atoms with Gasteiger partial charge in [0.1, 0.15) is 5.15 Å². The van der Waals surface area contributed by atoms with Crippen molar-refractivity contribution < 1.29 is 9.21 Å². The van der Waals surface area contributed by atoms with Crippen molar-refractivity contribution in [1.29, 1.82) is 0 Å². The second-order valence-electron chi connectivity index (χ2n) is 5.45. The van der Waals surface area contributed by atoms with Crippen LogP contribution in [-0.2, 0) is 18.4 Å². The summed E-state index contributed by atoms with van der Waals surface area (Å²) in [6.07, 6.45) is 4.70. The van der Waals surface area contributed by atoms with Crippen molar-refractivity contribution in [2.45, 2.75) is 13.5 Å². The van der Waals surface area contributed by atoms with Crippen LogP contribution >= 0.6 is 11.6 Å². The summed E-state index contributed by atoms with van der Waals surface area (Å²) in [5, 5.41) is 7.41. The molecule has 7 heteroatoms. The Morgan fingerprint density at radius 2 is 2.12 bits per heavy atom. The van der Waals surface area contributed by atoms with Crippen LogP contribution in [0.2, 0.25) is 5.15 Å². The predicted molar refractivity (Wildman–Crippen MR) is 95.8 cm³/mol. The first-order chi connectivity index (χ1) is 12.0. The third-order valence-corrected chi connectivity index (χ3v) is 4.07. The molecule has 0 fully saturated rings. The van der Waals surface area contributed by atoms with E-state index in [1.807, 2.05) is 37.3 Å². The molecule has 1 amide bonds. The number of halogens is 1. The van der Waals surface area contributed by atoms with Crippen LogP contribution < -0.4 is 5.32 Å². The number of nitrogens with one attached hydrogen (secondary N) is 1. The lowest BCUT2D eigenvalue weighted by molar-refractivity contribution is -0.116. The lowest BCUT2D eigenvalue weighted by Gasteiger charge is -1.98. The first kappa shape index (κ1) is 17.0. The van der Waals surface area contributed by atoms with E-state index in [4.69, 9.17) is 16.0 Å². The van der Waals surface area contributed by atoms with Crippen molar-refractivity contribution in [2.75, 3.05) is 0 Å². The fraction of sp³-hybridized carbons (Fsp3) is 0.167. The van der Waals surface area contributed by atoms with Gasteiger partial charge in [-0.15, -0.1) is 0 Å². The Morgan fingerprint density at radius 3 is 2.80 bits per heavy atom. The van der Waals surface area contributed by atoms with E-state index in [-0.39, 0.29) is 12.5 Å². The molecule has 1 aromatic carbocycles. The maximum absolute atomic E-state index is 12.0. The average molecular weight is 357 g/mol. The summed E-state index contributed by atoms with van der Waals surface area (Å²) in [4.78, 5) is 16.1. The summed E-state index contributed by atoms with van der Waals surface area (Å²) in [6, 6.07) is 9.66. The fourth-order valence-corrected chi connectivity index (χ4v) is 2.58. The van der Waals surface area contributed by atoms with Crippen molar-refractivity contribution >= 4 is 23.6 Å². The largest absolute Gasteiger partial charge is 0.439 e. The molecule has 25 heavy (non-hydrogen) atoms. The van der Waals surface area contributed by atoms with E-state index < -0.39 is 0 Å². The zero-order valence-corrected chi connectivity index (χ0v) is 14.6. The van der Waals surface area contributed by atoms with Gasteiger partial charge in [-0.1, -0.05) is 41.9 Å². The van der Waals surface area contributed by atoms with Crippen LogP contribution in [0.5, 0.6) is 0 Å². The van der Waals surface area contributed by atoms with Crippen molar-refractivity contribution in [3.63, 3.8) is 0 Å². The predicted octanol–water partition coefficient (Wildman–Crippen LogP) is 3.37. The second kappa shape index (κ2) is 7.36. The topological polar surface area (TPSA) is 73.0 Å². The molecule has 6 nitrogen and oxygen atoms in total. The first-order valence-electron chi connectivity index (χ1n) is 7.69. The summed E-state index contributed by atoms with van der Waals surface area (Å²) < 4.78 is 7.20. The van der Waals surface area contributed by atoms with Crippen molar-refractivity contribution in [3.05, 3.63) is 64.9 Å². The van der Waals surface area contributed by atoms with Gasteiger partial charge in [0.25, 0.3) is 0 Å². The van der Waals surface area contributed by atoms with Crippen molar-refractivity contribution in [1.82, 2.24) is 20.1 Å². The summed E-state index contributed by atoms with van der Waals surface area (Å²) >= 11 is 6.12. The Bertz CT molecular complexity index is 913. The Hall–Kier alpha value is -2.86. The van der Waals surface area contributed by atoms with Gasteiger partial charge in [-0.05, 0) is 13.0 Å². The summed E-state index contributed by atoms with van der Waals surface area (Å²) in [6.45, 7) is 2.04. The van der Waals surface area contributed by atoms with E-state index in [1.54, 1.807) is 24.0 Å². The lowest BCUT2D eigenvalue weighted by Crippen LogP contribution is -2.20. The molecule has 0 saturated heterocycles. The number of hydrogen-bond acceptors (Lipinski definition) is 4. The van der Waals surface area contributed by atoms with Gasteiger partial charge < -0.3 is 9.73 Å². The Labute approximate surface area is 150 Å². The first-order valence-corrected chi connectivity index (χ1v) is 8.07. The lowest BCUT2D eigenvalue weighted by atomic mass is 10.2. The molecule has 0 spiro atoms. The smallest absolute Gasteiger partial charge is 0.244 e. The second-order valence-corrected chi connectivity index (χ2v) is 5.81. The summed E-state index contributed by atoms with van der Waals surface area (Å²) in [5.41, 5.74) is 2.42. The van der Waals surface area contributed by atoms with Crippen LogP contribution in [0.15, 0.2) is 47.0 Å². The van der Waals surface area contributed by atoms with Crippen LogP contribution in [0.4, 0.5) is 0 Å². The third-order valence-electron chi connectivity index (χ3n) is 3.62. The van der Waals surface area contributed by atoms with Gasteiger partial charge in [-0.2, -0.15) is 5.10 Å². The maximum atomic E-state index is 12.0. The van der Waals surface area contributed by atoms with E-state index in [9.17, 15) is 4.79 Å². The number of carbonyl (C=O) groups is 1. The van der Waals surface area contributed by atoms with Crippen LogP contribution in [0.1, 0.15) is 17.1 Å². The molecule has 2 heterocycles. The highest BCUT2D eigenvalue weighted by molar-refractivity contribution is 6.31. The molecule has 2 aromatic heterocycles. The maximum Gasteiger partial charge on any atom is 0.244 e. The quantitative estimate of drug-likeness (QED) is 0.711. The van der Waals surface area contributed by atoms with Gasteiger partial charge in [0.2, 0.25) is 11.8 Å². The standard InChI is InChI=1S/C18H17ClN4O2/c1-12-14(18(19)23(2)22-12)8-9-16(24)20-11-17-21-10-15(25-17)13-6-4-3-5-7-13/h3-10H,11H2,1-2H3,(H,20,24). The van der Waals surface area contributed by atoms with Gasteiger partial charge >= 0.3 is 0 Å². The molecule has 1 N–H and O–H groups in total. The van der Waals surface area contributed by atoms with Crippen LogP contribution in [0, 0.1) is 6.92 Å². The number of hydrogen-bond donors (Lipinski definition) is 1. The van der Waals surface area contributed by atoms with Gasteiger partial charge in [-0.3, -0.25) is 9.48 Å². The monoisotopic (exact) mass is 356 g/mol. The Kier molecular flexibility index (Phi) is 5.00. The Balaban J connectivity index is 1.59. The molecule has 0 radical (unpaired) electrons. The minimum absolute atomic E-state index is 0.204. The zero-order valence-electron chi connectivity index (χ0n) is 13.9. The number of aryl methyl sites for hydroxylation is 2. The van der Waals surface area contributed by atoms with E-state index in [2.05, 4.69) is 15.4 Å². The van der Waals surface area contributed by atoms with Gasteiger partial charge in [0.05, 0.1) is 18.4 Å². The third kappa shape index (κ3) is 3.97. The molecular weight excluding hydrogens is 340 g/mol. The molecule has 3 rings (SSSR count). The minimum atomic E-state index is -0.265. The molecule has 0 saturated carbocycles. The van der Waals surface area contributed by atoms with Crippen molar-refractivity contribution in [2.24, 2.45) is 7.05 Å². The van der Waals surface area contributed by atoms with E-state index in [1.165, 1.54) is 6.08 Å². The van der Waals surface area contributed by atoms with Gasteiger partial charge in [-0.25, -0.2) is 4.98 Å². The van der Waals surface area contributed by atoms with Crippen molar-refractivity contribution in [3.8, 4) is 11.3 Å². The van der Waals surface area contributed by atoms with Crippen LogP contribution in [0.3, 0.4) is 0 Å². The molecule has 128 valence electrons. The summed E-state index contributed by atoms with van der Waals surface area (Å²) in [7, 11) is 1.75. The molecule has 0 aliphatic rings. The molecular formula is C18H17ClN4O2. The highest BCUT2D eigenvalue weighted by Gasteiger charge is 2.09. The highest BCUT2D eigenvalue weighted by Crippen LogP contribution is 2.20. The number of amides is 1. The normalized spacial score (nSPS) is 11.2. The van der Waals surface area contributed by atoms with Crippen LogP contribution in [-0.4, -0.2) is 20.7 Å². The molecule has 0 aliphatic heterocycles. The van der Waals surface area contributed by atoms with Gasteiger partial charge in [0, 0.05) is 24.3 Å². The number of aromatic nitrogens is 3. The number of benzene rings is 1. The van der Waals surface area contributed by atoms with E-state index >= 15 is 0 Å². The SMILES string of the molecule is Cc1nn(C)c(Cl)c1C=CC(=O)NCc1ncc(-c2ccccc2)o1. The molecule has 0 aliphatic carbocycles. The zero-order chi connectivity index (χ0) is 17.8. The molecule has 3 aromatic rings. The molecule has 0 unspecified atom stereocenters. The van der Waals surface area contributed by atoms with Gasteiger partial charge in [0.15, 0.2) is 5.76 Å². The number of nitrogens with zero attached hydrogens (tertiary/aromatic N) is 3. The molecule has 0 atom stereocenters. The molecule has 0 bridgehead atoms. The minimum Gasteiger partial charge on any atom is -0.439 e. The average Bonchev–Trinajstić information content (AvgIpc) is 3.18. The number of oxazole rings is 1.